The molecule has 0 atom stereocenters. The Bertz CT molecular complexity index is 640. The molecule has 4 rings (SSSR count). The van der Waals surface area contributed by atoms with Crippen molar-refractivity contribution in [3.63, 3.8) is 0 Å². The summed E-state index contributed by atoms with van der Waals surface area (Å²) in [4.78, 5) is 25.9. The number of hydrogen-bond donors (Lipinski definition) is 1. The Balaban J connectivity index is 1.29. The average Bonchev–Trinajstić information content (AvgIpc) is 3.22. The van der Waals surface area contributed by atoms with Crippen LogP contribution in [0.15, 0.2) is 16.9 Å². The SMILES string of the molecule is O=C(NC1CCCC1)N1CC(Cn2nc(C3CC3)ccc2=O)C1. The number of nitrogens with one attached hydrogen (secondary N) is 1. The molecule has 1 aliphatic heterocycles. The first-order valence-corrected chi connectivity index (χ1v) is 8.82. The van der Waals surface area contributed by atoms with Crippen LogP contribution in [0.4, 0.5) is 4.79 Å². The van der Waals surface area contributed by atoms with Crippen molar-refractivity contribution >= 4 is 6.03 Å². The lowest BCUT2D eigenvalue weighted by molar-refractivity contribution is 0.105. The summed E-state index contributed by atoms with van der Waals surface area (Å²) < 4.78 is 1.59. The van der Waals surface area contributed by atoms with Crippen molar-refractivity contribution in [1.82, 2.24) is 20.0 Å². The zero-order valence-corrected chi connectivity index (χ0v) is 13.4. The van der Waals surface area contributed by atoms with Crippen molar-refractivity contribution in [2.24, 2.45) is 5.92 Å². The maximum Gasteiger partial charge on any atom is 0.317 e. The van der Waals surface area contributed by atoms with Gasteiger partial charge in [-0.05, 0) is 31.7 Å². The minimum absolute atomic E-state index is 0.0387. The smallest absolute Gasteiger partial charge is 0.317 e. The van der Waals surface area contributed by atoms with Crippen LogP contribution in [0.5, 0.6) is 0 Å². The topological polar surface area (TPSA) is 67.2 Å². The molecule has 1 aromatic heterocycles. The lowest BCUT2D eigenvalue weighted by Crippen LogP contribution is -2.56. The molecular weight excluding hydrogens is 292 g/mol. The molecule has 6 nitrogen and oxygen atoms in total. The van der Waals surface area contributed by atoms with E-state index in [0.717, 1.165) is 31.6 Å². The molecule has 124 valence electrons. The van der Waals surface area contributed by atoms with E-state index in [4.69, 9.17) is 0 Å². The third-order valence-corrected chi connectivity index (χ3v) is 5.24. The lowest BCUT2D eigenvalue weighted by Gasteiger charge is -2.39. The number of urea groups is 1. The van der Waals surface area contributed by atoms with Crippen LogP contribution in [0.25, 0.3) is 0 Å². The van der Waals surface area contributed by atoms with Crippen molar-refractivity contribution in [3.05, 3.63) is 28.2 Å². The largest absolute Gasteiger partial charge is 0.335 e. The van der Waals surface area contributed by atoms with Crippen molar-refractivity contribution in [2.75, 3.05) is 13.1 Å². The number of carbonyl (C=O) groups is 1. The normalized spacial score (nSPS) is 22.2. The van der Waals surface area contributed by atoms with E-state index in [1.807, 2.05) is 11.0 Å². The van der Waals surface area contributed by atoms with Gasteiger partial charge >= 0.3 is 6.03 Å². The van der Waals surface area contributed by atoms with Crippen LogP contribution < -0.4 is 10.9 Å². The molecule has 0 bridgehead atoms. The van der Waals surface area contributed by atoms with Gasteiger partial charge in [0.2, 0.25) is 0 Å². The standard InChI is InChI=1S/C17H24N4O2/c22-16-8-7-15(13-5-6-13)19-21(16)11-12-9-20(10-12)17(23)18-14-3-1-2-4-14/h7-8,12-14H,1-6,9-11H2,(H,18,23). The van der Waals surface area contributed by atoms with E-state index >= 15 is 0 Å². The predicted octanol–water partition coefficient (Wildman–Crippen LogP) is 1.70. The van der Waals surface area contributed by atoms with Gasteiger partial charge in [-0.1, -0.05) is 12.8 Å². The van der Waals surface area contributed by atoms with Gasteiger partial charge in [0.25, 0.3) is 5.56 Å². The molecule has 3 fully saturated rings. The maximum atomic E-state index is 12.1. The second-order valence-electron chi connectivity index (χ2n) is 7.25. The summed E-state index contributed by atoms with van der Waals surface area (Å²) in [5.41, 5.74) is 1.00. The summed E-state index contributed by atoms with van der Waals surface area (Å²) in [5.74, 6) is 0.890. The van der Waals surface area contributed by atoms with Crippen LogP contribution in [0.2, 0.25) is 0 Å². The zero-order chi connectivity index (χ0) is 15.8. The van der Waals surface area contributed by atoms with E-state index in [-0.39, 0.29) is 11.6 Å². The molecule has 2 heterocycles. The summed E-state index contributed by atoms with van der Waals surface area (Å²) in [6.07, 6.45) is 7.03. The van der Waals surface area contributed by atoms with Crippen molar-refractivity contribution in [1.29, 1.82) is 0 Å². The molecule has 1 saturated heterocycles. The molecule has 0 aromatic carbocycles. The molecule has 6 heteroatoms. The van der Waals surface area contributed by atoms with Crippen LogP contribution >= 0.6 is 0 Å². The highest BCUT2D eigenvalue weighted by atomic mass is 16.2. The van der Waals surface area contributed by atoms with E-state index in [2.05, 4.69) is 10.4 Å². The third-order valence-electron chi connectivity index (χ3n) is 5.24. The highest BCUT2D eigenvalue weighted by molar-refractivity contribution is 5.75. The summed E-state index contributed by atoms with van der Waals surface area (Å²) in [6.45, 7) is 2.06. The van der Waals surface area contributed by atoms with E-state index < -0.39 is 0 Å². The van der Waals surface area contributed by atoms with Crippen LogP contribution in [0.1, 0.15) is 50.1 Å². The number of aromatic nitrogens is 2. The van der Waals surface area contributed by atoms with Gasteiger partial charge < -0.3 is 10.2 Å². The zero-order valence-electron chi connectivity index (χ0n) is 13.4. The fraction of sp³-hybridized carbons (Fsp3) is 0.706. The Morgan fingerprint density at radius 3 is 2.61 bits per heavy atom. The quantitative estimate of drug-likeness (QED) is 0.919. The number of amides is 2. The van der Waals surface area contributed by atoms with Crippen molar-refractivity contribution in [3.8, 4) is 0 Å². The lowest BCUT2D eigenvalue weighted by atomic mass is 10.0. The van der Waals surface area contributed by atoms with E-state index in [1.165, 1.54) is 25.7 Å². The minimum atomic E-state index is -0.0387. The number of rotatable bonds is 4. The highest BCUT2D eigenvalue weighted by Gasteiger charge is 2.33. The van der Waals surface area contributed by atoms with Crippen molar-refractivity contribution in [2.45, 2.75) is 57.0 Å². The van der Waals surface area contributed by atoms with Gasteiger partial charge in [0.15, 0.2) is 0 Å². The van der Waals surface area contributed by atoms with Crippen LogP contribution in [0, 0.1) is 5.92 Å². The Labute approximate surface area is 135 Å². The molecule has 2 aliphatic carbocycles. The first-order chi connectivity index (χ1) is 11.2. The second-order valence-corrected chi connectivity index (χ2v) is 7.25. The Morgan fingerprint density at radius 1 is 1.17 bits per heavy atom. The molecule has 1 aromatic rings. The molecule has 2 saturated carbocycles. The maximum absolute atomic E-state index is 12.1. The molecule has 3 aliphatic rings. The third kappa shape index (κ3) is 3.26. The number of nitrogens with zero attached hydrogens (tertiary/aromatic N) is 3. The van der Waals surface area contributed by atoms with Gasteiger partial charge in [0.1, 0.15) is 0 Å². The summed E-state index contributed by atoms with van der Waals surface area (Å²) in [5, 5.41) is 7.61. The first kappa shape index (κ1) is 14.7. The average molecular weight is 316 g/mol. The second kappa shape index (κ2) is 5.98. The highest BCUT2D eigenvalue weighted by Crippen LogP contribution is 2.38. The van der Waals surface area contributed by atoms with E-state index in [1.54, 1.807) is 10.7 Å². The van der Waals surface area contributed by atoms with E-state index in [0.29, 0.717) is 24.4 Å². The number of carbonyl (C=O) groups excluding carboxylic acids is 1. The molecule has 1 N–H and O–H groups in total. The summed E-state index contributed by atoms with van der Waals surface area (Å²) in [7, 11) is 0. The Kier molecular flexibility index (Phi) is 3.83. The fourth-order valence-electron chi connectivity index (χ4n) is 3.62. The van der Waals surface area contributed by atoms with Gasteiger partial charge in [-0.25, -0.2) is 9.48 Å². The van der Waals surface area contributed by atoms with E-state index in [9.17, 15) is 9.59 Å². The Morgan fingerprint density at radius 2 is 1.91 bits per heavy atom. The molecule has 23 heavy (non-hydrogen) atoms. The van der Waals surface area contributed by atoms with Gasteiger partial charge in [0.05, 0.1) is 12.2 Å². The predicted molar refractivity (Wildman–Crippen MR) is 86.3 cm³/mol. The molecule has 0 radical (unpaired) electrons. The molecular formula is C17H24N4O2. The first-order valence-electron chi connectivity index (χ1n) is 8.82. The summed E-state index contributed by atoms with van der Waals surface area (Å²) in [6, 6.07) is 3.91. The van der Waals surface area contributed by atoms with Gasteiger partial charge in [-0.15, -0.1) is 0 Å². The van der Waals surface area contributed by atoms with Gasteiger partial charge in [0, 0.05) is 37.0 Å². The monoisotopic (exact) mass is 316 g/mol. The van der Waals surface area contributed by atoms with Crippen LogP contribution in [-0.2, 0) is 6.54 Å². The molecule has 0 spiro atoms. The molecule has 0 unspecified atom stereocenters. The van der Waals surface area contributed by atoms with Crippen LogP contribution in [0.3, 0.4) is 0 Å². The van der Waals surface area contributed by atoms with Gasteiger partial charge in [-0.3, -0.25) is 4.79 Å². The Hall–Kier alpha value is -1.85. The van der Waals surface area contributed by atoms with Crippen LogP contribution in [-0.4, -0.2) is 39.8 Å². The van der Waals surface area contributed by atoms with Crippen molar-refractivity contribution < 1.29 is 4.79 Å². The number of likely N-dealkylation sites (tertiary alicyclic amines) is 1. The summed E-state index contributed by atoms with van der Waals surface area (Å²) >= 11 is 0. The number of hydrogen-bond acceptors (Lipinski definition) is 3. The van der Waals surface area contributed by atoms with Gasteiger partial charge in [-0.2, -0.15) is 5.10 Å². The fourth-order valence-corrected chi connectivity index (χ4v) is 3.62. The minimum Gasteiger partial charge on any atom is -0.335 e. The molecule has 2 amide bonds.